The smallest absolute Gasteiger partial charge is 0.493 e. The van der Waals surface area contributed by atoms with Gasteiger partial charge in [-0.05, 0) is 12.5 Å². The second-order valence-electron chi connectivity index (χ2n) is 3.96. The van der Waals surface area contributed by atoms with E-state index < -0.39 is 13.0 Å². The first-order valence-electron chi connectivity index (χ1n) is 6.25. The van der Waals surface area contributed by atoms with Crippen LogP contribution in [0.5, 0.6) is 11.5 Å². The highest BCUT2D eigenvalue weighted by molar-refractivity contribution is 5.40. The van der Waals surface area contributed by atoms with Crippen molar-refractivity contribution in [2.24, 2.45) is 5.73 Å². The van der Waals surface area contributed by atoms with Gasteiger partial charge in [0.05, 0.1) is 13.2 Å². The van der Waals surface area contributed by atoms with Gasteiger partial charge in [-0.2, -0.15) is 0 Å². The van der Waals surface area contributed by atoms with Crippen LogP contribution in [0.3, 0.4) is 0 Å². The maximum atomic E-state index is 11.8. The van der Waals surface area contributed by atoms with Crippen molar-refractivity contribution in [2.45, 2.75) is 26.3 Å². The Morgan fingerprint density at radius 1 is 1.10 bits per heavy atom. The molecule has 20 heavy (non-hydrogen) atoms. The van der Waals surface area contributed by atoms with Gasteiger partial charge in [-0.25, -0.2) is 0 Å². The number of rotatable bonds is 8. The van der Waals surface area contributed by atoms with Gasteiger partial charge in [0.1, 0.15) is 18.1 Å². The third kappa shape index (κ3) is 6.12. The van der Waals surface area contributed by atoms with E-state index in [9.17, 15) is 13.2 Å². The molecule has 0 fully saturated rings. The van der Waals surface area contributed by atoms with Crippen LogP contribution in [0.4, 0.5) is 13.2 Å². The summed E-state index contributed by atoms with van der Waals surface area (Å²) in [6.07, 6.45) is -3.79. The maximum Gasteiger partial charge on any atom is 0.522 e. The van der Waals surface area contributed by atoms with E-state index in [1.807, 2.05) is 6.92 Å². The summed E-state index contributed by atoms with van der Waals surface area (Å²) in [7, 11) is 0. The van der Waals surface area contributed by atoms with Crippen molar-refractivity contribution >= 4 is 0 Å². The maximum absolute atomic E-state index is 11.8. The van der Waals surface area contributed by atoms with Gasteiger partial charge in [0.15, 0.2) is 0 Å². The van der Waals surface area contributed by atoms with Crippen LogP contribution in [0.15, 0.2) is 18.2 Å². The minimum atomic E-state index is -4.65. The van der Waals surface area contributed by atoms with Crippen LogP contribution in [0, 0.1) is 0 Å². The zero-order valence-corrected chi connectivity index (χ0v) is 11.2. The largest absolute Gasteiger partial charge is 0.522 e. The zero-order chi connectivity index (χ0) is 15.0. The van der Waals surface area contributed by atoms with Crippen molar-refractivity contribution < 1.29 is 27.4 Å². The molecule has 1 aromatic carbocycles. The molecule has 4 nitrogen and oxygen atoms in total. The summed E-state index contributed by atoms with van der Waals surface area (Å²) in [6.45, 7) is 1.96. The second-order valence-corrected chi connectivity index (χ2v) is 3.96. The minimum absolute atomic E-state index is 0.219. The van der Waals surface area contributed by atoms with Gasteiger partial charge in [-0.1, -0.05) is 13.0 Å². The molecule has 0 saturated carbocycles. The average Bonchev–Trinajstić information content (AvgIpc) is 2.40. The fourth-order valence-corrected chi connectivity index (χ4v) is 1.46. The van der Waals surface area contributed by atoms with E-state index in [0.717, 1.165) is 6.42 Å². The molecule has 0 aliphatic carbocycles. The molecule has 0 aromatic heterocycles. The molecule has 0 aliphatic heterocycles. The molecule has 114 valence electrons. The molecule has 1 aromatic rings. The SMILES string of the molecule is CCCOc1ccc(CN)c(OCCOC(F)(F)F)c1. The quantitative estimate of drug-likeness (QED) is 0.749. The molecule has 0 amide bonds. The molecule has 0 spiro atoms. The minimum Gasteiger partial charge on any atom is -0.493 e. The Hall–Kier alpha value is -1.47. The first-order chi connectivity index (χ1) is 9.46. The molecular weight excluding hydrogens is 275 g/mol. The van der Waals surface area contributed by atoms with Gasteiger partial charge < -0.3 is 15.2 Å². The Kier molecular flexibility index (Phi) is 6.60. The first-order valence-corrected chi connectivity index (χ1v) is 6.25. The highest BCUT2D eigenvalue weighted by Gasteiger charge is 2.28. The molecule has 0 heterocycles. The van der Waals surface area contributed by atoms with Crippen molar-refractivity contribution in [3.8, 4) is 11.5 Å². The van der Waals surface area contributed by atoms with Crippen LogP contribution in [0.2, 0.25) is 0 Å². The van der Waals surface area contributed by atoms with Crippen molar-refractivity contribution in [3.63, 3.8) is 0 Å². The predicted octanol–water partition coefficient (Wildman–Crippen LogP) is 2.85. The fourth-order valence-electron chi connectivity index (χ4n) is 1.46. The number of halogens is 3. The van der Waals surface area contributed by atoms with E-state index in [1.54, 1.807) is 18.2 Å². The van der Waals surface area contributed by atoms with Crippen molar-refractivity contribution in [1.29, 1.82) is 0 Å². The van der Waals surface area contributed by atoms with Gasteiger partial charge in [-0.3, -0.25) is 4.74 Å². The van der Waals surface area contributed by atoms with Crippen LogP contribution >= 0.6 is 0 Å². The van der Waals surface area contributed by atoms with Crippen LogP contribution in [0.25, 0.3) is 0 Å². The van der Waals surface area contributed by atoms with Gasteiger partial charge >= 0.3 is 6.36 Å². The van der Waals surface area contributed by atoms with Crippen LogP contribution in [-0.2, 0) is 11.3 Å². The Morgan fingerprint density at radius 2 is 1.85 bits per heavy atom. The molecule has 0 saturated heterocycles. The third-order valence-corrected chi connectivity index (χ3v) is 2.34. The normalized spacial score (nSPS) is 11.4. The lowest BCUT2D eigenvalue weighted by Gasteiger charge is -2.13. The van der Waals surface area contributed by atoms with Gasteiger partial charge in [-0.15, -0.1) is 13.2 Å². The standard InChI is InChI=1S/C13H18F3NO3/c1-2-5-18-11-4-3-10(9-17)12(8-11)19-6-7-20-13(14,15)16/h3-4,8H,2,5-7,9,17H2,1H3. The lowest BCUT2D eigenvalue weighted by molar-refractivity contribution is -0.325. The summed E-state index contributed by atoms with van der Waals surface area (Å²) < 4.78 is 49.8. The molecule has 1 rings (SSSR count). The van der Waals surface area contributed by atoms with Crippen molar-refractivity contribution in [1.82, 2.24) is 0 Å². The number of nitrogens with two attached hydrogens (primary N) is 1. The van der Waals surface area contributed by atoms with Crippen LogP contribution in [-0.4, -0.2) is 26.2 Å². The van der Waals surface area contributed by atoms with Crippen LogP contribution in [0.1, 0.15) is 18.9 Å². The summed E-state index contributed by atoms with van der Waals surface area (Å²) in [4.78, 5) is 0. The number of hydrogen-bond donors (Lipinski definition) is 1. The number of benzene rings is 1. The Morgan fingerprint density at radius 3 is 2.45 bits per heavy atom. The third-order valence-electron chi connectivity index (χ3n) is 2.34. The van der Waals surface area contributed by atoms with Gasteiger partial charge in [0, 0.05) is 18.2 Å². The number of alkyl halides is 3. The van der Waals surface area contributed by atoms with E-state index >= 15 is 0 Å². The van der Waals surface area contributed by atoms with Crippen molar-refractivity contribution in [2.75, 3.05) is 19.8 Å². The Balaban J connectivity index is 2.57. The first kappa shape index (κ1) is 16.6. The molecule has 7 heteroatoms. The molecular formula is C13H18F3NO3. The number of ether oxygens (including phenoxy) is 3. The van der Waals surface area contributed by atoms with Gasteiger partial charge in [0.2, 0.25) is 0 Å². The lowest BCUT2D eigenvalue weighted by atomic mass is 10.2. The van der Waals surface area contributed by atoms with E-state index in [-0.39, 0.29) is 13.2 Å². The highest BCUT2D eigenvalue weighted by Crippen LogP contribution is 2.25. The summed E-state index contributed by atoms with van der Waals surface area (Å²) in [6, 6.07) is 5.09. The van der Waals surface area contributed by atoms with Crippen LogP contribution < -0.4 is 15.2 Å². The Labute approximate surface area is 115 Å². The average molecular weight is 293 g/mol. The van der Waals surface area contributed by atoms with E-state index in [1.165, 1.54) is 0 Å². The predicted molar refractivity (Wildman–Crippen MR) is 67.6 cm³/mol. The van der Waals surface area contributed by atoms with E-state index in [0.29, 0.717) is 23.7 Å². The molecule has 0 radical (unpaired) electrons. The molecule has 0 unspecified atom stereocenters. The van der Waals surface area contributed by atoms with E-state index in [4.69, 9.17) is 15.2 Å². The summed E-state index contributed by atoms with van der Waals surface area (Å²) in [5.41, 5.74) is 6.24. The van der Waals surface area contributed by atoms with Crippen molar-refractivity contribution in [3.05, 3.63) is 23.8 Å². The van der Waals surface area contributed by atoms with Gasteiger partial charge in [0.25, 0.3) is 0 Å². The van der Waals surface area contributed by atoms with E-state index in [2.05, 4.69) is 4.74 Å². The topological polar surface area (TPSA) is 53.7 Å². The zero-order valence-electron chi connectivity index (χ0n) is 11.2. The molecule has 0 aliphatic rings. The summed E-state index contributed by atoms with van der Waals surface area (Å²) >= 11 is 0. The number of hydrogen-bond acceptors (Lipinski definition) is 4. The summed E-state index contributed by atoms with van der Waals surface area (Å²) in [5.74, 6) is 1.00. The lowest BCUT2D eigenvalue weighted by Crippen LogP contribution is -2.18. The Bertz CT molecular complexity index is 410. The highest BCUT2D eigenvalue weighted by atomic mass is 19.4. The molecule has 0 bridgehead atoms. The second kappa shape index (κ2) is 7.96. The molecule has 0 atom stereocenters. The monoisotopic (exact) mass is 293 g/mol. The molecule has 2 N–H and O–H groups in total. The fraction of sp³-hybridized carbons (Fsp3) is 0.538. The summed E-state index contributed by atoms with van der Waals surface area (Å²) in [5, 5.41) is 0.